The minimum absolute atomic E-state index is 0.0552. The quantitative estimate of drug-likeness (QED) is 0.860. The van der Waals surface area contributed by atoms with E-state index in [1.54, 1.807) is 11.9 Å². The van der Waals surface area contributed by atoms with E-state index in [4.69, 9.17) is 14.5 Å². The number of benzene rings is 1. The summed E-state index contributed by atoms with van der Waals surface area (Å²) in [6.45, 7) is 4.31. The zero-order chi connectivity index (χ0) is 16.7. The van der Waals surface area contributed by atoms with Gasteiger partial charge in [-0.25, -0.2) is 9.67 Å². The fourth-order valence-corrected chi connectivity index (χ4v) is 3.12. The number of aryl methyl sites for hydroxylation is 1. The molecule has 24 heavy (non-hydrogen) atoms. The second-order valence-corrected chi connectivity index (χ2v) is 6.09. The molecule has 0 radical (unpaired) electrons. The van der Waals surface area contributed by atoms with Gasteiger partial charge in [0.2, 0.25) is 0 Å². The standard InChI is InChI=1S/C17H20N4O3/c1-3-21-17(18-16(19-21)12-6-7-23-9-12)11-4-5-14-13(8-11)20(2)15(22)10-24-14/h4-5,8,12H,3,6-7,9-10H2,1-2H3. The Hall–Kier alpha value is -2.41. The molecule has 4 rings (SSSR count). The van der Waals surface area contributed by atoms with Crippen LogP contribution >= 0.6 is 0 Å². The van der Waals surface area contributed by atoms with Crippen molar-refractivity contribution in [2.45, 2.75) is 25.8 Å². The molecule has 0 saturated carbocycles. The number of rotatable bonds is 3. The highest BCUT2D eigenvalue weighted by molar-refractivity contribution is 5.98. The lowest BCUT2D eigenvalue weighted by atomic mass is 10.1. The van der Waals surface area contributed by atoms with Crippen LogP contribution in [0.3, 0.4) is 0 Å². The molecule has 1 atom stereocenters. The van der Waals surface area contributed by atoms with Crippen LogP contribution in [0.15, 0.2) is 18.2 Å². The minimum Gasteiger partial charge on any atom is -0.482 e. The average Bonchev–Trinajstić information content (AvgIpc) is 3.27. The number of carbonyl (C=O) groups is 1. The van der Waals surface area contributed by atoms with Crippen LogP contribution < -0.4 is 9.64 Å². The van der Waals surface area contributed by atoms with Gasteiger partial charge in [-0.2, -0.15) is 5.10 Å². The number of anilines is 1. The highest BCUT2D eigenvalue weighted by Gasteiger charge is 2.26. The SMILES string of the molecule is CCn1nc(C2CCOC2)nc1-c1ccc2c(c1)N(C)C(=O)CO2. The molecule has 3 heterocycles. The number of nitrogens with zero attached hydrogens (tertiary/aromatic N) is 4. The lowest BCUT2D eigenvalue weighted by Gasteiger charge is -2.26. The molecule has 126 valence electrons. The van der Waals surface area contributed by atoms with Gasteiger partial charge in [0.25, 0.3) is 5.91 Å². The van der Waals surface area contributed by atoms with Crippen molar-refractivity contribution in [3.05, 3.63) is 24.0 Å². The summed E-state index contributed by atoms with van der Waals surface area (Å²) in [5.41, 5.74) is 1.69. The van der Waals surface area contributed by atoms with Gasteiger partial charge in [-0.15, -0.1) is 0 Å². The molecule has 7 heteroatoms. The summed E-state index contributed by atoms with van der Waals surface area (Å²) in [6.07, 6.45) is 0.961. The number of ether oxygens (including phenoxy) is 2. The molecule has 0 N–H and O–H groups in total. The molecule has 2 aromatic rings. The van der Waals surface area contributed by atoms with Gasteiger partial charge in [0, 0.05) is 31.7 Å². The third-order valence-electron chi connectivity index (χ3n) is 4.59. The lowest BCUT2D eigenvalue weighted by molar-refractivity contribution is -0.120. The van der Waals surface area contributed by atoms with Crippen LogP contribution in [-0.2, 0) is 16.1 Å². The minimum atomic E-state index is -0.0552. The van der Waals surface area contributed by atoms with Gasteiger partial charge in [0.15, 0.2) is 18.3 Å². The molecule has 7 nitrogen and oxygen atoms in total. The fourth-order valence-electron chi connectivity index (χ4n) is 3.12. The zero-order valence-corrected chi connectivity index (χ0v) is 13.9. The first-order chi connectivity index (χ1) is 11.7. The second-order valence-electron chi connectivity index (χ2n) is 6.09. The summed E-state index contributed by atoms with van der Waals surface area (Å²) >= 11 is 0. The van der Waals surface area contributed by atoms with Crippen molar-refractivity contribution in [3.63, 3.8) is 0 Å². The van der Waals surface area contributed by atoms with E-state index in [9.17, 15) is 4.79 Å². The predicted octanol–water partition coefficient (Wildman–Crippen LogP) is 1.82. The summed E-state index contributed by atoms with van der Waals surface area (Å²) in [5.74, 6) is 2.58. The first-order valence-corrected chi connectivity index (χ1v) is 8.23. The summed E-state index contributed by atoms with van der Waals surface area (Å²) in [6, 6.07) is 5.80. The van der Waals surface area contributed by atoms with Gasteiger partial charge in [0.1, 0.15) is 5.75 Å². The van der Waals surface area contributed by atoms with Gasteiger partial charge in [-0.1, -0.05) is 0 Å². The molecule has 1 aromatic carbocycles. The molecular weight excluding hydrogens is 308 g/mol. The molecule has 2 aliphatic heterocycles. The van der Waals surface area contributed by atoms with Gasteiger partial charge in [-0.05, 0) is 31.5 Å². The molecule has 0 bridgehead atoms. The smallest absolute Gasteiger partial charge is 0.264 e. The molecule has 1 saturated heterocycles. The topological polar surface area (TPSA) is 69.5 Å². The van der Waals surface area contributed by atoms with Crippen molar-refractivity contribution in [2.75, 3.05) is 31.8 Å². The van der Waals surface area contributed by atoms with Crippen molar-refractivity contribution in [1.82, 2.24) is 14.8 Å². The molecule has 1 aromatic heterocycles. The molecule has 1 unspecified atom stereocenters. The Balaban J connectivity index is 1.74. The monoisotopic (exact) mass is 328 g/mol. The summed E-state index contributed by atoms with van der Waals surface area (Å²) in [7, 11) is 1.76. The van der Waals surface area contributed by atoms with Gasteiger partial charge >= 0.3 is 0 Å². The van der Waals surface area contributed by atoms with Crippen LogP contribution in [0.2, 0.25) is 0 Å². The number of fused-ring (bicyclic) bond motifs is 1. The molecule has 1 fully saturated rings. The number of hydrogen-bond acceptors (Lipinski definition) is 5. The lowest BCUT2D eigenvalue weighted by Crippen LogP contribution is -2.35. The van der Waals surface area contributed by atoms with Gasteiger partial charge in [0.05, 0.1) is 12.3 Å². The van der Waals surface area contributed by atoms with Crippen LogP contribution in [0.25, 0.3) is 11.4 Å². The summed E-state index contributed by atoms with van der Waals surface area (Å²) in [4.78, 5) is 18.2. The number of likely N-dealkylation sites (N-methyl/N-ethyl adjacent to an activating group) is 1. The van der Waals surface area contributed by atoms with E-state index in [2.05, 4.69) is 5.10 Å². The third-order valence-corrected chi connectivity index (χ3v) is 4.59. The number of amides is 1. The predicted molar refractivity (Wildman–Crippen MR) is 88.2 cm³/mol. The van der Waals surface area contributed by atoms with Crippen LogP contribution in [0, 0.1) is 0 Å². The van der Waals surface area contributed by atoms with Crippen LogP contribution in [-0.4, -0.2) is 47.5 Å². The molecule has 0 spiro atoms. The first kappa shape index (κ1) is 15.1. The van der Waals surface area contributed by atoms with Crippen LogP contribution in [0.5, 0.6) is 5.75 Å². The number of aromatic nitrogens is 3. The molecule has 2 aliphatic rings. The van der Waals surface area contributed by atoms with E-state index in [0.717, 1.165) is 42.5 Å². The highest BCUT2D eigenvalue weighted by atomic mass is 16.5. The third kappa shape index (κ3) is 2.45. The summed E-state index contributed by atoms with van der Waals surface area (Å²) < 4.78 is 12.8. The van der Waals surface area contributed by atoms with E-state index in [-0.39, 0.29) is 18.4 Å². The van der Waals surface area contributed by atoms with Crippen LogP contribution in [0.1, 0.15) is 25.1 Å². The first-order valence-electron chi connectivity index (χ1n) is 8.23. The Morgan fingerprint density at radius 3 is 3.00 bits per heavy atom. The molecular formula is C17H20N4O3. The van der Waals surface area contributed by atoms with E-state index in [1.165, 1.54) is 0 Å². The van der Waals surface area contributed by atoms with Crippen molar-refractivity contribution >= 4 is 11.6 Å². The molecule has 1 amide bonds. The van der Waals surface area contributed by atoms with Gasteiger partial charge in [-0.3, -0.25) is 4.79 Å². The second kappa shape index (κ2) is 5.90. The maximum atomic E-state index is 11.9. The van der Waals surface area contributed by atoms with Crippen molar-refractivity contribution in [1.29, 1.82) is 0 Å². The Bertz CT molecular complexity index is 780. The molecule has 0 aliphatic carbocycles. The van der Waals surface area contributed by atoms with E-state index in [1.807, 2.05) is 29.8 Å². The Morgan fingerprint density at radius 1 is 1.38 bits per heavy atom. The Labute approximate surface area is 140 Å². The van der Waals surface area contributed by atoms with Crippen molar-refractivity contribution < 1.29 is 14.3 Å². The fraction of sp³-hybridized carbons (Fsp3) is 0.471. The summed E-state index contributed by atoms with van der Waals surface area (Å²) in [5, 5.41) is 4.65. The maximum Gasteiger partial charge on any atom is 0.264 e. The largest absolute Gasteiger partial charge is 0.482 e. The van der Waals surface area contributed by atoms with Crippen molar-refractivity contribution in [2.24, 2.45) is 0 Å². The average molecular weight is 328 g/mol. The van der Waals surface area contributed by atoms with E-state index >= 15 is 0 Å². The zero-order valence-electron chi connectivity index (χ0n) is 13.9. The Morgan fingerprint density at radius 2 is 2.25 bits per heavy atom. The van der Waals surface area contributed by atoms with Gasteiger partial charge < -0.3 is 14.4 Å². The number of carbonyl (C=O) groups excluding carboxylic acids is 1. The maximum absolute atomic E-state index is 11.9. The van der Waals surface area contributed by atoms with Crippen molar-refractivity contribution in [3.8, 4) is 17.1 Å². The van der Waals surface area contributed by atoms with E-state index in [0.29, 0.717) is 12.4 Å². The number of hydrogen-bond donors (Lipinski definition) is 0. The Kier molecular flexibility index (Phi) is 3.72. The highest BCUT2D eigenvalue weighted by Crippen LogP contribution is 2.35. The normalized spacial score (nSPS) is 20.2. The van der Waals surface area contributed by atoms with E-state index < -0.39 is 0 Å². The van der Waals surface area contributed by atoms with Crippen LogP contribution in [0.4, 0.5) is 5.69 Å².